The molecule has 11 aromatic carbocycles. The minimum Gasteiger partial charge on any atom is -0.456 e. The van der Waals surface area contributed by atoms with Crippen molar-refractivity contribution in [1.82, 2.24) is 0 Å². The van der Waals surface area contributed by atoms with Gasteiger partial charge in [0, 0.05) is 38.5 Å². The van der Waals surface area contributed by atoms with Crippen molar-refractivity contribution in [1.29, 1.82) is 0 Å². The summed E-state index contributed by atoms with van der Waals surface area (Å²) in [5, 5.41) is 2.24. The SMILES string of the molecule is CC1(C)c2ccccc2-c2c(-c3ccccc3N(c3ccc4c(c3)-c3ccccc3C4(C)c3ccccc3)c3ccc4c(c3)C(c3ccccc3)(c3ccc5oc6ccccc6c5c3)c3ccccc3-4)cccc21. The normalized spacial score (nSPS) is 17.3. The molecule has 0 aliphatic heterocycles. The molecule has 0 N–H and O–H groups in total. The van der Waals surface area contributed by atoms with E-state index in [1.165, 1.54) is 94.6 Å². The van der Waals surface area contributed by atoms with E-state index in [2.05, 4.69) is 280 Å². The van der Waals surface area contributed by atoms with Crippen LogP contribution in [0.4, 0.5) is 17.1 Å². The summed E-state index contributed by atoms with van der Waals surface area (Å²) >= 11 is 0. The van der Waals surface area contributed by atoms with E-state index >= 15 is 0 Å². The molecule has 2 atom stereocenters. The van der Waals surface area contributed by atoms with E-state index < -0.39 is 5.41 Å². The lowest BCUT2D eigenvalue weighted by atomic mass is 9.67. The van der Waals surface area contributed by atoms with Crippen molar-refractivity contribution in [2.75, 3.05) is 4.90 Å². The molecule has 1 heterocycles. The molecule has 74 heavy (non-hydrogen) atoms. The molecular formula is C72H51NO. The zero-order valence-corrected chi connectivity index (χ0v) is 41.6. The fourth-order valence-electron chi connectivity index (χ4n) is 13.9. The van der Waals surface area contributed by atoms with Crippen molar-refractivity contribution in [3.8, 4) is 44.5 Å². The average molecular weight is 946 g/mol. The zero-order valence-electron chi connectivity index (χ0n) is 41.6. The molecule has 0 radical (unpaired) electrons. The number of furan rings is 1. The third kappa shape index (κ3) is 5.77. The number of anilines is 3. The number of nitrogens with zero attached hydrogens (tertiary/aromatic N) is 1. The fourth-order valence-corrected chi connectivity index (χ4v) is 13.9. The van der Waals surface area contributed by atoms with Crippen LogP contribution in [0.2, 0.25) is 0 Å². The lowest BCUT2D eigenvalue weighted by Crippen LogP contribution is -2.28. The van der Waals surface area contributed by atoms with Gasteiger partial charge in [0.25, 0.3) is 0 Å². The van der Waals surface area contributed by atoms with Gasteiger partial charge in [0.15, 0.2) is 0 Å². The number of para-hydroxylation sites is 2. The van der Waals surface area contributed by atoms with E-state index in [9.17, 15) is 0 Å². The van der Waals surface area contributed by atoms with E-state index in [0.717, 1.165) is 39.0 Å². The molecule has 3 aliphatic carbocycles. The van der Waals surface area contributed by atoms with Crippen LogP contribution in [-0.2, 0) is 16.2 Å². The van der Waals surface area contributed by atoms with Gasteiger partial charge in [-0.3, -0.25) is 0 Å². The third-order valence-corrected chi connectivity index (χ3v) is 17.3. The van der Waals surface area contributed by atoms with Gasteiger partial charge in [0.1, 0.15) is 11.2 Å². The third-order valence-electron chi connectivity index (χ3n) is 17.3. The molecule has 0 bridgehead atoms. The summed E-state index contributed by atoms with van der Waals surface area (Å²) in [7, 11) is 0. The van der Waals surface area contributed by atoms with Gasteiger partial charge in [-0.25, -0.2) is 0 Å². The molecule has 350 valence electrons. The largest absolute Gasteiger partial charge is 0.456 e. The maximum absolute atomic E-state index is 6.49. The smallest absolute Gasteiger partial charge is 0.135 e. The molecule has 2 heteroatoms. The van der Waals surface area contributed by atoms with Crippen LogP contribution in [0, 0.1) is 0 Å². The van der Waals surface area contributed by atoms with Crippen molar-refractivity contribution in [3.05, 3.63) is 305 Å². The predicted octanol–water partition coefficient (Wildman–Crippen LogP) is 18.7. The number of hydrogen-bond acceptors (Lipinski definition) is 2. The van der Waals surface area contributed by atoms with Crippen LogP contribution in [0.25, 0.3) is 66.4 Å². The summed E-state index contributed by atoms with van der Waals surface area (Å²) in [6.07, 6.45) is 0. The van der Waals surface area contributed by atoms with Crippen molar-refractivity contribution < 1.29 is 4.42 Å². The molecule has 2 unspecified atom stereocenters. The predicted molar refractivity (Wildman–Crippen MR) is 306 cm³/mol. The van der Waals surface area contributed by atoms with E-state index in [-0.39, 0.29) is 10.8 Å². The molecule has 15 rings (SSSR count). The van der Waals surface area contributed by atoms with Crippen LogP contribution in [-0.4, -0.2) is 0 Å². The van der Waals surface area contributed by atoms with Gasteiger partial charge in [-0.05, 0) is 144 Å². The van der Waals surface area contributed by atoms with Gasteiger partial charge >= 0.3 is 0 Å². The molecular weight excluding hydrogens is 895 g/mol. The quantitative estimate of drug-likeness (QED) is 0.158. The maximum atomic E-state index is 6.49. The first-order chi connectivity index (χ1) is 36.3. The number of rotatable bonds is 7. The van der Waals surface area contributed by atoms with Gasteiger partial charge in [-0.15, -0.1) is 0 Å². The first-order valence-electron chi connectivity index (χ1n) is 26.0. The molecule has 0 saturated carbocycles. The molecule has 12 aromatic rings. The fraction of sp³-hybridized carbons (Fsp3) is 0.0833. The van der Waals surface area contributed by atoms with Crippen LogP contribution in [0.15, 0.2) is 259 Å². The second-order valence-electron chi connectivity index (χ2n) is 21.2. The Morgan fingerprint density at radius 3 is 1.66 bits per heavy atom. The second kappa shape index (κ2) is 15.8. The van der Waals surface area contributed by atoms with E-state index in [1.54, 1.807) is 0 Å². The summed E-state index contributed by atoms with van der Waals surface area (Å²) in [6, 6.07) is 95.2. The first-order valence-corrected chi connectivity index (χ1v) is 26.0. The van der Waals surface area contributed by atoms with Gasteiger partial charge < -0.3 is 9.32 Å². The Kier molecular flexibility index (Phi) is 9.09. The molecule has 0 fully saturated rings. The standard InChI is InChI=1S/C72H51NO/c1-70(2)60-31-15-12-29-57(60)69-56(30-20-34-64(69)70)54-27-13-18-35-66(54)73(49-39-41-62-58(44-49)52-26-10-16-32-61(52)71(62,3)46-21-6-4-7-22-46)50-38-40-53-51-25-11-17-33-63(51)72(65(53)45-50,47-23-8-5-9-24-47)48-37-42-68-59(43-48)55-28-14-19-36-67(55)74-68/h4-45H,1-3H3. The molecule has 2 nitrogen and oxygen atoms in total. The lowest BCUT2D eigenvalue weighted by molar-refractivity contribution is 0.660. The van der Waals surface area contributed by atoms with Crippen LogP contribution in [0.1, 0.15) is 70.8 Å². The Labute approximate surface area is 432 Å². The summed E-state index contributed by atoms with van der Waals surface area (Å²) in [5.41, 5.74) is 25.6. The maximum Gasteiger partial charge on any atom is 0.135 e. The van der Waals surface area contributed by atoms with E-state index in [4.69, 9.17) is 4.42 Å². The van der Waals surface area contributed by atoms with Crippen molar-refractivity contribution >= 4 is 39.0 Å². The average Bonchev–Trinajstić information content (AvgIpc) is 4.22. The summed E-state index contributed by atoms with van der Waals surface area (Å²) < 4.78 is 6.49. The van der Waals surface area contributed by atoms with Gasteiger partial charge in [-0.2, -0.15) is 0 Å². The molecule has 0 spiro atoms. The Hall–Kier alpha value is -8.98. The summed E-state index contributed by atoms with van der Waals surface area (Å²) in [4.78, 5) is 2.55. The van der Waals surface area contributed by atoms with Crippen molar-refractivity contribution in [3.63, 3.8) is 0 Å². The topological polar surface area (TPSA) is 16.4 Å². The zero-order chi connectivity index (χ0) is 49.3. The van der Waals surface area contributed by atoms with Crippen LogP contribution >= 0.6 is 0 Å². The highest BCUT2D eigenvalue weighted by Crippen LogP contribution is 2.60. The summed E-state index contributed by atoms with van der Waals surface area (Å²) in [6.45, 7) is 7.15. The molecule has 0 amide bonds. The highest BCUT2D eigenvalue weighted by atomic mass is 16.3. The first kappa shape index (κ1) is 42.7. The van der Waals surface area contributed by atoms with E-state index in [1.807, 2.05) is 0 Å². The Morgan fingerprint density at radius 2 is 0.865 bits per heavy atom. The van der Waals surface area contributed by atoms with Crippen molar-refractivity contribution in [2.45, 2.75) is 37.0 Å². The Morgan fingerprint density at radius 1 is 0.311 bits per heavy atom. The van der Waals surface area contributed by atoms with Gasteiger partial charge in [-0.1, -0.05) is 220 Å². The number of hydrogen-bond donors (Lipinski definition) is 0. The van der Waals surface area contributed by atoms with Crippen molar-refractivity contribution in [2.24, 2.45) is 0 Å². The van der Waals surface area contributed by atoms with E-state index in [0.29, 0.717) is 0 Å². The number of fused-ring (bicyclic) bond motifs is 12. The highest BCUT2D eigenvalue weighted by Gasteiger charge is 2.47. The monoisotopic (exact) mass is 945 g/mol. The lowest BCUT2D eigenvalue weighted by Gasteiger charge is -2.35. The van der Waals surface area contributed by atoms with Gasteiger partial charge in [0.05, 0.1) is 11.1 Å². The molecule has 1 aromatic heterocycles. The molecule has 3 aliphatic rings. The van der Waals surface area contributed by atoms with Crippen LogP contribution in [0.3, 0.4) is 0 Å². The Bertz CT molecular complexity index is 4260. The van der Waals surface area contributed by atoms with Crippen LogP contribution in [0.5, 0.6) is 0 Å². The Balaban J connectivity index is 1.02. The van der Waals surface area contributed by atoms with Gasteiger partial charge in [0.2, 0.25) is 0 Å². The molecule has 0 saturated heterocycles. The summed E-state index contributed by atoms with van der Waals surface area (Å²) in [5.74, 6) is 0. The highest BCUT2D eigenvalue weighted by molar-refractivity contribution is 6.06. The number of benzene rings is 11. The second-order valence-corrected chi connectivity index (χ2v) is 21.2. The minimum absolute atomic E-state index is 0.142. The minimum atomic E-state index is -0.662. The van der Waals surface area contributed by atoms with Crippen LogP contribution < -0.4 is 4.90 Å².